The number of nitrogen functional groups attached to an aromatic ring is 1. The van der Waals surface area contributed by atoms with Gasteiger partial charge in [0.15, 0.2) is 5.13 Å². The van der Waals surface area contributed by atoms with Crippen LogP contribution in [0.2, 0.25) is 0 Å². The van der Waals surface area contributed by atoms with E-state index in [4.69, 9.17) is 10.8 Å². The van der Waals surface area contributed by atoms with Gasteiger partial charge in [0, 0.05) is 32.7 Å². The maximum atomic E-state index is 8.82. The Morgan fingerprint density at radius 3 is 2.67 bits per heavy atom. The third-order valence-electron chi connectivity index (χ3n) is 2.57. The van der Waals surface area contributed by atoms with Crippen molar-refractivity contribution >= 4 is 21.5 Å². The molecule has 15 heavy (non-hydrogen) atoms. The zero-order valence-electron chi connectivity index (χ0n) is 8.59. The molecule has 1 aliphatic heterocycles. The molecule has 1 aromatic heterocycles. The number of hydrogen-bond acceptors (Lipinski definition) is 6. The molecule has 1 fully saturated rings. The Morgan fingerprint density at radius 1 is 1.40 bits per heavy atom. The molecule has 5 nitrogen and oxygen atoms in total. The molecule has 1 saturated heterocycles. The summed E-state index contributed by atoms with van der Waals surface area (Å²) in [7, 11) is 0. The van der Waals surface area contributed by atoms with Crippen molar-refractivity contribution in [2.45, 2.75) is 0 Å². The third kappa shape index (κ3) is 2.58. The molecule has 3 N–H and O–H groups in total. The van der Waals surface area contributed by atoms with Crippen molar-refractivity contribution in [3.63, 3.8) is 0 Å². The van der Waals surface area contributed by atoms with E-state index in [1.165, 1.54) is 11.3 Å². The van der Waals surface area contributed by atoms with E-state index in [-0.39, 0.29) is 6.61 Å². The van der Waals surface area contributed by atoms with Crippen molar-refractivity contribution in [1.82, 2.24) is 9.88 Å². The molecule has 0 aromatic carbocycles. The number of anilines is 2. The van der Waals surface area contributed by atoms with Gasteiger partial charge in [-0.1, -0.05) is 11.3 Å². The fourth-order valence-corrected chi connectivity index (χ4v) is 2.46. The molecule has 0 aliphatic carbocycles. The first kappa shape index (κ1) is 10.7. The SMILES string of the molecule is Nc1cnc(N2CCN(CCO)CC2)s1. The molecule has 0 radical (unpaired) electrons. The highest BCUT2D eigenvalue weighted by molar-refractivity contribution is 7.19. The molecular weight excluding hydrogens is 212 g/mol. The molecule has 0 saturated carbocycles. The van der Waals surface area contributed by atoms with Gasteiger partial charge >= 0.3 is 0 Å². The summed E-state index contributed by atoms with van der Waals surface area (Å²) < 4.78 is 0. The monoisotopic (exact) mass is 228 g/mol. The van der Waals surface area contributed by atoms with Crippen LogP contribution in [0.5, 0.6) is 0 Å². The quantitative estimate of drug-likeness (QED) is 0.752. The molecule has 0 atom stereocenters. The van der Waals surface area contributed by atoms with Crippen molar-refractivity contribution in [2.24, 2.45) is 0 Å². The van der Waals surface area contributed by atoms with Gasteiger partial charge < -0.3 is 15.7 Å². The maximum Gasteiger partial charge on any atom is 0.187 e. The second-order valence-electron chi connectivity index (χ2n) is 3.60. The van der Waals surface area contributed by atoms with Crippen LogP contribution in [0.4, 0.5) is 10.1 Å². The van der Waals surface area contributed by atoms with Crippen molar-refractivity contribution < 1.29 is 5.11 Å². The van der Waals surface area contributed by atoms with Crippen molar-refractivity contribution in [1.29, 1.82) is 0 Å². The van der Waals surface area contributed by atoms with Gasteiger partial charge in [0.05, 0.1) is 12.8 Å². The number of thiazole rings is 1. The summed E-state index contributed by atoms with van der Waals surface area (Å²) in [4.78, 5) is 8.76. The Balaban J connectivity index is 1.88. The minimum atomic E-state index is 0.240. The standard InChI is InChI=1S/C9H16N4OS/c10-8-7-11-9(15-8)13-3-1-12(2-4-13)5-6-14/h7,14H,1-6,10H2. The topological polar surface area (TPSA) is 65.6 Å². The van der Waals surface area contributed by atoms with E-state index in [9.17, 15) is 0 Å². The molecule has 0 amide bonds. The highest BCUT2D eigenvalue weighted by Gasteiger charge is 2.18. The average Bonchev–Trinajstić information content (AvgIpc) is 2.67. The summed E-state index contributed by atoms with van der Waals surface area (Å²) in [6.45, 7) is 4.91. The van der Waals surface area contributed by atoms with Gasteiger partial charge in [-0.15, -0.1) is 0 Å². The summed E-state index contributed by atoms with van der Waals surface area (Å²) >= 11 is 1.53. The number of β-amino-alcohol motifs (C(OH)–C–C–N with tert-alkyl or cyclic N) is 1. The van der Waals surface area contributed by atoms with E-state index < -0.39 is 0 Å². The third-order valence-corrected chi connectivity index (χ3v) is 3.46. The van der Waals surface area contributed by atoms with E-state index in [0.717, 1.165) is 42.9 Å². The summed E-state index contributed by atoms with van der Waals surface area (Å²) in [5, 5.41) is 10.6. The van der Waals surface area contributed by atoms with Crippen molar-refractivity contribution in [2.75, 3.05) is 50.0 Å². The van der Waals surface area contributed by atoms with Gasteiger partial charge in [-0.25, -0.2) is 4.98 Å². The maximum absolute atomic E-state index is 8.82. The molecule has 6 heteroatoms. The van der Waals surface area contributed by atoms with Crippen LogP contribution in [0.15, 0.2) is 6.20 Å². The lowest BCUT2D eigenvalue weighted by Gasteiger charge is -2.34. The number of rotatable bonds is 3. The molecular formula is C9H16N4OS. The predicted molar refractivity (Wildman–Crippen MR) is 62.3 cm³/mol. The molecule has 2 rings (SSSR count). The van der Waals surface area contributed by atoms with Gasteiger partial charge in [0.2, 0.25) is 0 Å². The Morgan fingerprint density at radius 2 is 2.13 bits per heavy atom. The van der Waals surface area contributed by atoms with Crippen LogP contribution in [0.1, 0.15) is 0 Å². The fourth-order valence-electron chi connectivity index (χ4n) is 1.73. The van der Waals surface area contributed by atoms with Crippen LogP contribution in [-0.4, -0.2) is 54.3 Å². The summed E-state index contributed by atoms with van der Waals surface area (Å²) in [6, 6.07) is 0. The fraction of sp³-hybridized carbons (Fsp3) is 0.667. The molecule has 1 aliphatic rings. The second kappa shape index (κ2) is 4.78. The van der Waals surface area contributed by atoms with Crippen LogP contribution >= 0.6 is 11.3 Å². The van der Waals surface area contributed by atoms with E-state index in [1.54, 1.807) is 6.20 Å². The molecule has 2 heterocycles. The highest BCUT2D eigenvalue weighted by atomic mass is 32.1. The second-order valence-corrected chi connectivity index (χ2v) is 4.64. The Labute approximate surface area is 93.1 Å². The van der Waals surface area contributed by atoms with Gasteiger partial charge in [-0.05, 0) is 0 Å². The van der Waals surface area contributed by atoms with Crippen molar-refractivity contribution in [3.05, 3.63) is 6.20 Å². The largest absolute Gasteiger partial charge is 0.395 e. The van der Waals surface area contributed by atoms with Crippen LogP contribution in [0.3, 0.4) is 0 Å². The van der Waals surface area contributed by atoms with E-state index in [2.05, 4.69) is 14.8 Å². The van der Waals surface area contributed by atoms with Gasteiger partial charge in [0.1, 0.15) is 5.00 Å². The zero-order chi connectivity index (χ0) is 10.7. The van der Waals surface area contributed by atoms with Crippen LogP contribution < -0.4 is 10.6 Å². The molecule has 0 spiro atoms. The first-order chi connectivity index (χ1) is 7.29. The Hall–Kier alpha value is -0.850. The first-order valence-electron chi connectivity index (χ1n) is 5.09. The summed E-state index contributed by atoms with van der Waals surface area (Å²) in [5.41, 5.74) is 5.65. The number of nitrogens with zero attached hydrogens (tertiary/aromatic N) is 3. The lowest BCUT2D eigenvalue weighted by atomic mass is 10.3. The summed E-state index contributed by atoms with van der Waals surface area (Å²) in [6.07, 6.45) is 1.71. The normalized spacial score (nSPS) is 18.3. The minimum Gasteiger partial charge on any atom is -0.395 e. The number of aliphatic hydroxyl groups excluding tert-OH is 1. The van der Waals surface area contributed by atoms with Crippen LogP contribution in [0, 0.1) is 0 Å². The molecule has 0 unspecified atom stereocenters. The Bertz CT molecular complexity index is 309. The lowest BCUT2D eigenvalue weighted by molar-refractivity contribution is 0.189. The van der Waals surface area contributed by atoms with Crippen LogP contribution in [-0.2, 0) is 0 Å². The average molecular weight is 228 g/mol. The van der Waals surface area contributed by atoms with Gasteiger partial charge in [0.25, 0.3) is 0 Å². The highest BCUT2D eigenvalue weighted by Crippen LogP contribution is 2.24. The van der Waals surface area contributed by atoms with Gasteiger partial charge in [-0.3, -0.25) is 4.90 Å². The Kier molecular flexibility index (Phi) is 3.40. The van der Waals surface area contributed by atoms with Crippen molar-refractivity contribution in [3.8, 4) is 0 Å². The molecule has 1 aromatic rings. The number of aliphatic hydroxyl groups is 1. The minimum absolute atomic E-state index is 0.240. The smallest absolute Gasteiger partial charge is 0.187 e. The van der Waals surface area contributed by atoms with E-state index in [0.29, 0.717) is 0 Å². The molecule has 0 bridgehead atoms. The predicted octanol–water partition coefficient (Wildman–Crippen LogP) is -0.160. The number of nitrogens with two attached hydrogens (primary N) is 1. The number of aromatic nitrogens is 1. The van der Waals surface area contributed by atoms with Gasteiger partial charge in [-0.2, -0.15) is 0 Å². The number of hydrogen-bond donors (Lipinski definition) is 2. The molecule has 84 valence electrons. The lowest BCUT2D eigenvalue weighted by Crippen LogP contribution is -2.47. The number of piperazine rings is 1. The van der Waals surface area contributed by atoms with E-state index in [1.807, 2.05) is 0 Å². The summed E-state index contributed by atoms with van der Waals surface area (Å²) in [5.74, 6) is 0. The van der Waals surface area contributed by atoms with Crippen LogP contribution in [0.25, 0.3) is 0 Å². The first-order valence-corrected chi connectivity index (χ1v) is 5.90. The zero-order valence-corrected chi connectivity index (χ0v) is 9.41. The van der Waals surface area contributed by atoms with E-state index >= 15 is 0 Å².